The van der Waals surface area contributed by atoms with Crippen LogP contribution in [0.3, 0.4) is 0 Å². The van der Waals surface area contributed by atoms with Crippen molar-refractivity contribution in [2.75, 3.05) is 18.1 Å². The highest BCUT2D eigenvalue weighted by atomic mass is 32.2. The van der Waals surface area contributed by atoms with Gasteiger partial charge in [0.05, 0.1) is 22.7 Å². The number of sulfone groups is 1. The fourth-order valence-electron chi connectivity index (χ4n) is 3.72. The smallest absolute Gasteiger partial charge is 0.152 e. The predicted octanol–water partition coefficient (Wildman–Crippen LogP) is 0.940. The van der Waals surface area contributed by atoms with Crippen LogP contribution in [0.15, 0.2) is 0 Å². The maximum absolute atomic E-state index is 12.0. The summed E-state index contributed by atoms with van der Waals surface area (Å²) in [6.07, 6.45) is 4.09. The number of nitrogens with one attached hydrogen (secondary N) is 1. The summed E-state index contributed by atoms with van der Waals surface area (Å²) in [5.74, 6) is 2.30. The van der Waals surface area contributed by atoms with Crippen LogP contribution in [0.5, 0.6) is 0 Å². The molecule has 1 saturated carbocycles. The Labute approximate surface area is 119 Å². The molecular weight excluding hydrogens is 274 g/mol. The lowest BCUT2D eigenvalue weighted by atomic mass is 9.99. The summed E-state index contributed by atoms with van der Waals surface area (Å²) in [5, 5.41) is 3.37. The first-order valence-corrected chi connectivity index (χ1v) is 9.33. The van der Waals surface area contributed by atoms with E-state index in [4.69, 9.17) is 4.98 Å². The Morgan fingerprint density at radius 1 is 1.40 bits per heavy atom. The number of rotatable bonds is 2. The summed E-state index contributed by atoms with van der Waals surface area (Å²) in [6.45, 7) is 3.89. The summed E-state index contributed by atoms with van der Waals surface area (Å²) in [7, 11) is -2.89. The molecule has 1 unspecified atom stereocenters. The van der Waals surface area contributed by atoms with Crippen LogP contribution in [0.1, 0.15) is 49.3 Å². The lowest BCUT2D eigenvalue weighted by Crippen LogP contribution is -2.36. The molecule has 1 N–H and O–H groups in total. The standard InChI is InChI=1S/C14H21N3O2S/c1-14(5-7-20(18,19)9-14)17-12-4-6-15-8-11(12)16-13(17)10-2-3-10/h10,15H,2-9H2,1H3. The Balaban J connectivity index is 1.86. The summed E-state index contributed by atoms with van der Waals surface area (Å²) in [4.78, 5) is 4.86. The van der Waals surface area contributed by atoms with E-state index in [2.05, 4.69) is 16.8 Å². The Kier molecular flexibility index (Phi) is 2.61. The molecule has 3 aliphatic rings. The zero-order chi connectivity index (χ0) is 14.0. The second-order valence-electron chi connectivity index (χ2n) is 6.74. The van der Waals surface area contributed by atoms with Gasteiger partial charge < -0.3 is 9.88 Å². The Morgan fingerprint density at radius 3 is 2.85 bits per heavy atom. The van der Waals surface area contributed by atoms with Gasteiger partial charge >= 0.3 is 0 Å². The molecule has 1 aromatic rings. The molecule has 4 rings (SSSR count). The number of nitrogens with zero attached hydrogens (tertiary/aromatic N) is 2. The maximum atomic E-state index is 12.0. The fourth-order valence-corrected chi connectivity index (χ4v) is 5.84. The van der Waals surface area contributed by atoms with E-state index in [-0.39, 0.29) is 11.3 Å². The second-order valence-corrected chi connectivity index (χ2v) is 8.92. The van der Waals surface area contributed by atoms with Crippen LogP contribution in [-0.2, 0) is 28.3 Å². The molecule has 0 spiro atoms. The third-order valence-corrected chi connectivity index (χ3v) is 6.77. The van der Waals surface area contributed by atoms with E-state index in [0.29, 0.717) is 11.7 Å². The van der Waals surface area contributed by atoms with E-state index in [1.807, 2.05) is 0 Å². The van der Waals surface area contributed by atoms with Gasteiger partial charge in [0, 0.05) is 31.1 Å². The summed E-state index contributed by atoms with van der Waals surface area (Å²) >= 11 is 0. The van der Waals surface area contributed by atoms with Crippen molar-refractivity contribution in [3.63, 3.8) is 0 Å². The Bertz CT molecular complexity index is 660. The molecule has 1 aromatic heterocycles. The zero-order valence-electron chi connectivity index (χ0n) is 11.9. The maximum Gasteiger partial charge on any atom is 0.152 e. The quantitative estimate of drug-likeness (QED) is 0.882. The van der Waals surface area contributed by atoms with E-state index in [1.165, 1.54) is 18.5 Å². The van der Waals surface area contributed by atoms with Crippen LogP contribution in [0.2, 0.25) is 0 Å². The first kappa shape index (κ1) is 12.8. The van der Waals surface area contributed by atoms with E-state index in [0.717, 1.165) is 37.4 Å². The molecule has 0 aromatic carbocycles. The molecule has 1 saturated heterocycles. The minimum atomic E-state index is -2.89. The summed E-state index contributed by atoms with van der Waals surface area (Å²) in [6, 6.07) is 0. The number of hydrogen-bond acceptors (Lipinski definition) is 4. The van der Waals surface area contributed by atoms with Crippen LogP contribution < -0.4 is 5.32 Å². The van der Waals surface area contributed by atoms with Gasteiger partial charge in [0.15, 0.2) is 9.84 Å². The van der Waals surface area contributed by atoms with E-state index in [9.17, 15) is 8.42 Å². The summed E-state index contributed by atoms with van der Waals surface area (Å²) in [5.41, 5.74) is 2.14. The van der Waals surface area contributed by atoms with Gasteiger partial charge in [0.25, 0.3) is 0 Å². The average molecular weight is 295 g/mol. The average Bonchev–Trinajstić information content (AvgIpc) is 3.09. The molecule has 2 aliphatic heterocycles. The van der Waals surface area contributed by atoms with Gasteiger partial charge in [0.2, 0.25) is 0 Å². The van der Waals surface area contributed by atoms with Crippen LogP contribution in [-0.4, -0.2) is 36.0 Å². The third kappa shape index (κ3) is 1.92. The fraction of sp³-hybridized carbons (Fsp3) is 0.786. The topological polar surface area (TPSA) is 64.0 Å². The van der Waals surface area contributed by atoms with Crippen molar-refractivity contribution in [3.8, 4) is 0 Å². The van der Waals surface area contributed by atoms with Gasteiger partial charge in [-0.2, -0.15) is 0 Å². The Hall–Kier alpha value is -0.880. The van der Waals surface area contributed by atoms with Crippen molar-refractivity contribution < 1.29 is 8.42 Å². The monoisotopic (exact) mass is 295 g/mol. The summed E-state index contributed by atoms with van der Waals surface area (Å²) < 4.78 is 26.2. The van der Waals surface area contributed by atoms with Crippen LogP contribution in [0.4, 0.5) is 0 Å². The normalized spacial score (nSPS) is 32.2. The third-order valence-electron chi connectivity index (χ3n) is 4.88. The van der Waals surface area contributed by atoms with Crippen molar-refractivity contribution in [1.29, 1.82) is 0 Å². The minimum absolute atomic E-state index is 0.274. The van der Waals surface area contributed by atoms with Gasteiger partial charge in [0.1, 0.15) is 5.82 Å². The predicted molar refractivity (Wildman–Crippen MR) is 76.5 cm³/mol. The largest absolute Gasteiger partial charge is 0.325 e. The Morgan fingerprint density at radius 2 is 2.20 bits per heavy atom. The number of fused-ring (bicyclic) bond motifs is 1. The highest BCUT2D eigenvalue weighted by molar-refractivity contribution is 7.91. The zero-order valence-corrected chi connectivity index (χ0v) is 12.7. The van der Waals surface area contributed by atoms with Crippen molar-refractivity contribution in [2.24, 2.45) is 0 Å². The molecule has 2 fully saturated rings. The molecule has 0 bridgehead atoms. The van der Waals surface area contributed by atoms with Crippen LogP contribution in [0.25, 0.3) is 0 Å². The first-order valence-electron chi connectivity index (χ1n) is 7.51. The molecule has 110 valence electrons. The number of aromatic nitrogens is 2. The van der Waals surface area contributed by atoms with Crippen LogP contribution in [0, 0.1) is 0 Å². The molecule has 6 heteroatoms. The van der Waals surface area contributed by atoms with E-state index in [1.54, 1.807) is 0 Å². The molecule has 0 amide bonds. The van der Waals surface area contributed by atoms with Crippen molar-refractivity contribution >= 4 is 9.84 Å². The molecule has 1 aliphatic carbocycles. The van der Waals surface area contributed by atoms with Crippen LogP contribution >= 0.6 is 0 Å². The van der Waals surface area contributed by atoms with Crippen molar-refractivity contribution in [3.05, 3.63) is 17.2 Å². The molecule has 0 radical (unpaired) electrons. The van der Waals surface area contributed by atoms with Crippen molar-refractivity contribution in [2.45, 2.75) is 50.6 Å². The lowest BCUT2D eigenvalue weighted by Gasteiger charge is -2.30. The molecule has 3 heterocycles. The van der Waals surface area contributed by atoms with Gasteiger partial charge in [-0.1, -0.05) is 0 Å². The molecule has 5 nitrogen and oxygen atoms in total. The van der Waals surface area contributed by atoms with Gasteiger partial charge in [-0.25, -0.2) is 13.4 Å². The number of imidazole rings is 1. The second kappa shape index (κ2) is 4.07. The van der Waals surface area contributed by atoms with E-state index >= 15 is 0 Å². The molecule has 1 atom stereocenters. The van der Waals surface area contributed by atoms with Gasteiger partial charge in [-0.15, -0.1) is 0 Å². The molecular formula is C14H21N3O2S. The molecule has 20 heavy (non-hydrogen) atoms. The highest BCUT2D eigenvalue weighted by Gasteiger charge is 2.45. The van der Waals surface area contributed by atoms with Gasteiger partial charge in [-0.05, 0) is 26.2 Å². The first-order chi connectivity index (χ1) is 9.49. The van der Waals surface area contributed by atoms with Gasteiger partial charge in [-0.3, -0.25) is 0 Å². The number of hydrogen-bond donors (Lipinski definition) is 1. The lowest BCUT2D eigenvalue weighted by molar-refractivity contribution is 0.340. The van der Waals surface area contributed by atoms with Crippen molar-refractivity contribution in [1.82, 2.24) is 14.9 Å². The SMILES string of the molecule is CC1(n2c(C3CC3)nc3c2CCNC3)CCS(=O)(=O)C1. The minimum Gasteiger partial charge on any atom is -0.325 e. The van der Waals surface area contributed by atoms with E-state index < -0.39 is 9.84 Å². The highest BCUT2D eigenvalue weighted by Crippen LogP contribution is 2.44.